The van der Waals surface area contributed by atoms with Crippen LogP contribution >= 0.6 is 0 Å². The molecule has 102 valence electrons. The highest BCUT2D eigenvalue weighted by Crippen LogP contribution is 2.19. The first-order valence-corrected chi connectivity index (χ1v) is 6.98. The van der Waals surface area contributed by atoms with E-state index in [1.54, 1.807) is 6.20 Å². The average Bonchev–Trinajstić information content (AvgIpc) is 3.25. The highest BCUT2D eigenvalue weighted by Gasteiger charge is 2.27. The maximum atomic E-state index is 11.9. The Morgan fingerprint density at radius 1 is 1.32 bits per heavy atom. The standard InChI is InChI=1S/C14H20N4O/c19-14(16-13-3-4-13)18-8-6-17(7-9-18)11-12-2-1-5-15-10-12/h1-2,5,10,13H,3-4,6-9,11H2,(H,16,19). The van der Waals surface area contributed by atoms with Crippen LogP contribution in [0.25, 0.3) is 0 Å². The molecule has 1 saturated carbocycles. The molecule has 1 aliphatic heterocycles. The van der Waals surface area contributed by atoms with E-state index in [4.69, 9.17) is 0 Å². The van der Waals surface area contributed by atoms with E-state index >= 15 is 0 Å². The Bertz CT molecular complexity index is 424. The topological polar surface area (TPSA) is 48.5 Å². The fourth-order valence-corrected chi connectivity index (χ4v) is 2.35. The molecule has 5 nitrogen and oxygen atoms in total. The normalized spacial score (nSPS) is 20.3. The summed E-state index contributed by atoms with van der Waals surface area (Å²) in [6.45, 7) is 4.43. The van der Waals surface area contributed by atoms with Crippen LogP contribution < -0.4 is 5.32 Å². The van der Waals surface area contributed by atoms with Crippen molar-refractivity contribution in [2.45, 2.75) is 25.4 Å². The Kier molecular flexibility index (Phi) is 3.64. The lowest BCUT2D eigenvalue weighted by atomic mass is 10.2. The summed E-state index contributed by atoms with van der Waals surface area (Å²) in [6.07, 6.45) is 6.00. The van der Waals surface area contributed by atoms with Gasteiger partial charge in [0.2, 0.25) is 0 Å². The van der Waals surface area contributed by atoms with Crippen molar-refractivity contribution in [1.82, 2.24) is 20.1 Å². The third-order valence-electron chi connectivity index (χ3n) is 3.69. The summed E-state index contributed by atoms with van der Waals surface area (Å²) in [5.74, 6) is 0. The van der Waals surface area contributed by atoms with Crippen molar-refractivity contribution in [2.24, 2.45) is 0 Å². The molecular weight excluding hydrogens is 240 g/mol. The maximum Gasteiger partial charge on any atom is 0.317 e. The molecular formula is C14H20N4O. The molecule has 2 amide bonds. The van der Waals surface area contributed by atoms with Crippen molar-refractivity contribution >= 4 is 6.03 Å². The fourth-order valence-electron chi connectivity index (χ4n) is 2.35. The summed E-state index contributed by atoms with van der Waals surface area (Å²) in [5.41, 5.74) is 1.23. The molecule has 3 rings (SSSR count). The number of nitrogens with one attached hydrogen (secondary N) is 1. The van der Waals surface area contributed by atoms with Crippen LogP contribution in [0.15, 0.2) is 24.5 Å². The number of rotatable bonds is 3. The van der Waals surface area contributed by atoms with Crippen molar-refractivity contribution in [3.05, 3.63) is 30.1 Å². The Hall–Kier alpha value is -1.62. The van der Waals surface area contributed by atoms with Gasteiger partial charge in [-0.3, -0.25) is 9.88 Å². The quantitative estimate of drug-likeness (QED) is 0.884. The number of nitrogens with zero attached hydrogens (tertiary/aromatic N) is 3. The van der Waals surface area contributed by atoms with Gasteiger partial charge in [0.25, 0.3) is 0 Å². The van der Waals surface area contributed by atoms with Gasteiger partial charge in [-0.15, -0.1) is 0 Å². The number of piperazine rings is 1. The third-order valence-corrected chi connectivity index (χ3v) is 3.69. The summed E-state index contributed by atoms with van der Waals surface area (Å²) in [7, 11) is 0. The van der Waals surface area contributed by atoms with E-state index in [1.165, 1.54) is 5.56 Å². The van der Waals surface area contributed by atoms with Crippen LogP contribution in [-0.2, 0) is 6.54 Å². The van der Waals surface area contributed by atoms with Crippen molar-refractivity contribution in [3.8, 4) is 0 Å². The molecule has 0 spiro atoms. The second-order valence-electron chi connectivity index (χ2n) is 5.35. The maximum absolute atomic E-state index is 11.9. The van der Waals surface area contributed by atoms with Crippen molar-refractivity contribution in [1.29, 1.82) is 0 Å². The molecule has 2 fully saturated rings. The molecule has 1 aliphatic carbocycles. The SMILES string of the molecule is O=C(NC1CC1)N1CCN(Cc2cccnc2)CC1. The highest BCUT2D eigenvalue weighted by atomic mass is 16.2. The van der Waals surface area contributed by atoms with Crippen LogP contribution in [0.2, 0.25) is 0 Å². The van der Waals surface area contributed by atoms with E-state index in [-0.39, 0.29) is 6.03 Å². The van der Waals surface area contributed by atoms with Gasteiger partial charge in [0.05, 0.1) is 0 Å². The number of hydrogen-bond donors (Lipinski definition) is 1. The zero-order valence-corrected chi connectivity index (χ0v) is 11.1. The van der Waals surface area contributed by atoms with Crippen LogP contribution in [-0.4, -0.2) is 53.0 Å². The van der Waals surface area contributed by atoms with Crippen LogP contribution in [0.3, 0.4) is 0 Å². The van der Waals surface area contributed by atoms with E-state index in [2.05, 4.69) is 21.3 Å². The molecule has 0 aromatic carbocycles. The van der Waals surface area contributed by atoms with Crippen LogP contribution in [0.5, 0.6) is 0 Å². The minimum absolute atomic E-state index is 0.114. The van der Waals surface area contributed by atoms with E-state index in [9.17, 15) is 4.79 Å². The van der Waals surface area contributed by atoms with Crippen LogP contribution in [0, 0.1) is 0 Å². The van der Waals surface area contributed by atoms with E-state index in [0.29, 0.717) is 6.04 Å². The highest BCUT2D eigenvalue weighted by molar-refractivity contribution is 5.75. The van der Waals surface area contributed by atoms with E-state index in [1.807, 2.05) is 17.2 Å². The summed E-state index contributed by atoms with van der Waals surface area (Å²) in [5, 5.41) is 3.05. The molecule has 19 heavy (non-hydrogen) atoms. The molecule has 1 aromatic heterocycles. The average molecular weight is 260 g/mol. The van der Waals surface area contributed by atoms with Crippen LogP contribution in [0.1, 0.15) is 18.4 Å². The predicted molar refractivity (Wildman–Crippen MR) is 72.6 cm³/mol. The molecule has 5 heteroatoms. The number of hydrogen-bond acceptors (Lipinski definition) is 3. The lowest BCUT2D eigenvalue weighted by Crippen LogP contribution is -2.51. The molecule has 0 unspecified atom stereocenters. The first-order valence-electron chi connectivity index (χ1n) is 6.98. The number of aromatic nitrogens is 1. The van der Waals surface area contributed by atoms with E-state index < -0.39 is 0 Å². The second-order valence-corrected chi connectivity index (χ2v) is 5.35. The largest absolute Gasteiger partial charge is 0.335 e. The lowest BCUT2D eigenvalue weighted by Gasteiger charge is -2.34. The fraction of sp³-hybridized carbons (Fsp3) is 0.571. The predicted octanol–water partition coefficient (Wildman–Crippen LogP) is 1.07. The first-order chi connectivity index (χ1) is 9.31. The summed E-state index contributed by atoms with van der Waals surface area (Å²) < 4.78 is 0. The summed E-state index contributed by atoms with van der Waals surface area (Å²) in [6, 6.07) is 4.62. The lowest BCUT2D eigenvalue weighted by molar-refractivity contribution is 0.135. The Morgan fingerprint density at radius 2 is 2.11 bits per heavy atom. The van der Waals surface area contributed by atoms with Gasteiger partial charge in [0.1, 0.15) is 0 Å². The molecule has 0 atom stereocenters. The molecule has 1 N–H and O–H groups in total. The van der Waals surface area contributed by atoms with Crippen molar-refractivity contribution < 1.29 is 4.79 Å². The second kappa shape index (κ2) is 5.57. The van der Waals surface area contributed by atoms with Gasteiger partial charge in [0.15, 0.2) is 0 Å². The zero-order chi connectivity index (χ0) is 13.1. The Balaban J connectivity index is 1.45. The number of carbonyl (C=O) groups excluding carboxylic acids is 1. The van der Waals surface area contributed by atoms with Crippen LogP contribution in [0.4, 0.5) is 4.79 Å². The van der Waals surface area contributed by atoms with Crippen molar-refractivity contribution in [2.75, 3.05) is 26.2 Å². The van der Waals surface area contributed by atoms with Gasteiger partial charge in [-0.2, -0.15) is 0 Å². The minimum atomic E-state index is 0.114. The number of pyridine rings is 1. The minimum Gasteiger partial charge on any atom is -0.335 e. The van der Waals surface area contributed by atoms with Crippen molar-refractivity contribution in [3.63, 3.8) is 0 Å². The third kappa shape index (κ3) is 3.44. The smallest absolute Gasteiger partial charge is 0.317 e. The summed E-state index contributed by atoms with van der Waals surface area (Å²) >= 11 is 0. The molecule has 1 aromatic rings. The number of urea groups is 1. The van der Waals surface area contributed by atoms with Gasteiger partial charge in [-0.25, -0.2) is 4.79 Å². The van der Waals surface area contributed by atoms with Gasteiger partial charge in [0, 0.05) is 51.2 Å². The Labute approximate surface area is 113 Å². The van der Waals surface area contributed by atoms with Gasteiger partial charge >= 0.3 is 6.03 Å². The molecule has 2 aliphatic rings. The Morgan fingerprint density at radius 3 is 2.74 bits per heavy atom. The molecule has 0 radical (unpaired) electrons. The zero-order valence-electron chi connectivity index (χ0n) is 11.1. The number of carbonyl (C=O) groups is 1. The first kappa shape index (κ1) is 12.4. The number of amides is 2. The molecule has 2 heterocycles. The monoisotopic (exact) mass is 260 g/mol. The van der Waals surface area contributed by atoms with E-state index in [0.717, 1.165) is 45.6 Å². The van der Waals surface area contributed by atoms with Gasteiger partial charge in [-0.05, 0) is 24.5 Å². The molecule has 0 bridgehead atoms. The summed E-state index contributed by atoms with van der Waals surface area (Å²) in [4.78, 5) is 20.3. The van der Waals surface area contributed by atoms with Gasteiger partial charge < -0.3 is 10.2 Å². The van der Waals surface area contributed by atoms with Gasteiger partial charge in [-0.1, -0.05) is 6.07 Å². The molecule has 1 saturated heterocycles.